The van der Waals surface area contributed by atoms with E-state index in [-0.39, 0.29) is 0 Å². The van der Waals surface area contributed by atoms with E-state index < -0.39 is 0 Å². The summed E-state index contributed by atoms with van der Waals surface area (Å²) in [5, 5.41) is 3.44. The molecule has 0 saturated heterocycles. The van der Waals surface area contributed by atoms with Gasteiger partial charge >= 0.3 is 0 Å². The van der Waals surface area contributed by atoms with E-state index in [1.54, 1.807) is 6.26 Å². The summed E-state index contributed by atoms with van der Waals surface area (Å²) in [4.78, 5) is 4.17. The first-order valence-corrected chi connectivity index (χ1v) is 5.94. The molecule has 3 heteroatoms. The van der Waals surface area contributed by atoms with Crippen molar-refractivity contribution in [1.82, 2.24) is 4.98 Å². The van der Waals surface area contributed by atoms with E-state index in [1.165, 1.54) is 5.56 Å². The van der Waals surface area contributed by atoms with Gasteiger partial charge in [0.2, 0.25) is 0 Å². The molecule has 0 saturated carbocycles. The van der Waals surface area contributed by atoms with Crippen molar-refractivity contribution >= 4 is 5.69 Å². The van der Waals surface area contributed by atoms with Gasteiger partial charge in [-0.25, -0.2) is 0 Å². The number of furan rings is 1. The van der Waals surface area contributed by atoms with Gasteiger partial charge in [0, 0.05) is 24.9 Å². The van der Waals surface area contributed by atoms with Crippen molar-refractivity contribution < 1.29 is 4.42 Å². The Labute approximate surface area is 102 Å². The zero-order valence-electron chi connectivity index (χ0n) is 10.3. The minimum absolute atomic E-state index is 0.406. The highest BCUT2D eigenvalue weighted by atomic mass is 16.3. The van der Waals surface area contributed by atoms with Crippen LogP contribution in [0, 0.1) is 6.92 Å². The molecular weight excluding hydrogens is 212 g/mol. The van der Waals surface area contributed by atoms with Crippen molar-refractivity contribution in [3.8, 4) is 0 Å². The predicted octanol–water partition coefficient (Wildman–Crippen LogP) is 3.42. The molecule has 0 aliphatic heterocycles. The molecule has 0 amide bonds. The van der Waals surface area contributed by atoms with Gasteiger partial charge in [-0.2, -0.15) is 0 Å². The van der Waals surface area contributed by atoms with E-state index >= 15 is 0 Å². The maximum absolute atomic E-state index is 5.31. The first kappa shape index (κ1) is 11.7. The van der Waals surface area contributed by atoms with Crippen molar-refractivity contribution in [2.24, 2.45) is 0 Å². The molecule has 1 N–H and O–H groups in total. The minimum atomic E-state index is 0.406. The Morgan fingerprint density at radius 1 is 1.41 bits per heavy atom. The van der Waals surface area contributed by atoms with Crippen LogP contribution in [0.5, 0.6) is 0 Å². The normalized spacial score (nSPS) is 12.4. The molecule has 0 aliphatic carbocycles. The summed E-state index contributed by atoms with van der Waals surface area (Å²) in [7, 11) is 0. The number of anilines is 1. The Bertz CT molecular complexity index is 451. The predicted molar refractivity (Wildman–Crippen MR) is 69.1 cm³/mol. The van der Waals surface area contributed by atoms with E-state index in [0.29, 0.717) is 6.04 Å². The zero-order chi connectivity index (χ0) is 12.1. The van der Waals surface area contributed by atoms with Gasteiger partial charge in [-0.3, -0.25) is 4.98 Å². The van der Waals surface area contributed by atoms with Gasteiger partial charge < -0.3 is 9.73 Å². The second-order valence-electron chi connectivity index (χ2n) is 4.41. The van der Waals surface area contributed by atoms with Crippen molar-refractivity contribution in [1.29, 1.82) is 0 Å². The number of pyridine rings is 1. The fourth-order valence-electron chi connectivity index (χ4n) is 1.80. The third kappa shape index (κ3) is 3.63. The van der Waals surface area contributed by atoms with Gasteiger partial charge in [0.1, 0.15) is 5.76 Å². The van der Waals surface area contributed by atoms with Gasteiger partial charge in [-0.15, -0.1) is 0 Å². The Morgan fingerprint density at radius 3 is 3.00 bits per heavy atom. The Kier molecular flexibility index (Phi) is 3.81. The Balaban J connectivity index is 1.83. The van der Waals surface area contributed by atoms with Crippen LogP contribution < -0.4 is 5.32 Å². The summed E-state index contributed by atoms with van der Waals surface area (Å²) < 4.78 is 5.31. The van der Waals surface area contributed by atoms with Gasteiger partial charge in [0.15, 0.2) is 0 Å². The van der Waals surface area contributed by atoms with Crippen LogP contribution in [-0.2, 0) is 6.42 Å². The third-order valence-electron chi connectivity index (χ3n) is 2.69. The van der Waals surface area contributed by atoms with Crippen molar-refractivity contribution in [2.45, 2.75) is 32.7 Å². The summed E-state index contributed by atoms with van der Waals surface area (Å²) in [6, 6.07) is 6.46. The molecule has 2 rings (SSSR count). The lowest BCUT2D eigenvalue weighted by Crippen LogP contribution is -2.16. The molecule has 2 aromatic heterocycles. The lowest BCUT2D eigenvalue weighted by Gasteiger charge is -2.14. The molecule has 1 unspecified atom stereocenters. The second kappa shape index (κ2) is 5.53. The minimum Gasteiger partial charge on any atom is -0.469 e. The largest absolute Gasteiger partial charge is 0.469 e. The van der Waals surface area contributed by atoms with E-state index in [9.17, 15) is 0 Å². The number of nitrogens with one attached hydrogen (secondary N) is 1. The van der Waals surface area contributed by atoms with Gasteiger partial charge in [0.05, 0.1) is 12.0 Å². The van der Waals surface area contributed by atoms with E-state index in [1.807, 2.05) is 31.5 Å². The highest BCUT2D eigenvalue weighted by molar-refractivity contribution is 5.43. The topological polar surface area (TPSA) is 38.1 Å². The first-order valence-electron chi connectivity index (χ1n) is 5.94. The summed E-state index contributed by atoms with van der Waals surface area (Å²) in [5.41, 5.74) is 2.25. The monoisotopic (exact) mass is 230 g/mol. The standard InChI is InChI=1S/C14H18N2O/c1-11-8-13(10-15-9-11)16-12(2)5-6-14-4-3-7-17-14/h3-4,7-10,12,16H,5-6H2,1-2H3. The maximum Gasteiger partial charge on any atom is 0.103 e. The smallest absolute Gasteiger partial charge is 0.103 e. The molecule has 0 bridgehead atoms. The summed E-state index contributed by atoms with van der Waals surface area (Å²) in [6.07, 6.45) is 7.44. The quantitative estimate of drug-likeness (QED) is 0.855. The van der Waals surface area contributed by atoms with Crippen molar-refractivity contribution in [3.05, 3.63) is 48.2 Å². The highest BCUT2D eigenvalue weighted by Gasteiger charge is 2.04. The summed E-state index contributed by atoms with van der Waals surface area (Å²) in [6.45, 7) is 4.22. The number of hydrogen-bond donors (Lipinski definition) is 1. The van der Waals surface area contributed by atoms with Crippen molar-refractivity contribution in [3.63, 3.8) is 0 Å². The molecule has 2 heterocycles. The van der Waals surface area contributed by atoms with Gasteiger partial charge in [0.25, 0.3) is 0 Å². The number of nitrogens with zero attached hydrogens (tertiary/aromatic N) is 1. The molecule has 0 aliphatic rings. The molecule has 2 aromatic rings. The first-order chi connectivity index (χ1) is 8.24. The molecule has 0 fully saturated rings. The Hall–Kier alpha value is -1.77. The van der Waals surface area contributed by atoms with Crippen molar-refractivity contribution in [2.75, 3.05) is 5.32 Å². The van der Waals surface area contributed by atoms with Crippen LogP contribution in [-0.4, -0.2) is 11.0 Å². The number of hydrogen-bond acceptors (Lipinski definition) is 3. The van der Waals surface area contributed by atoms with Crippen LogP contribution >= 0.6 is 0 Å². The van der Waals surface area contributed by atoms with Crippen LogP contribution in [0.3, 0.4) is 0 Å². The average molecular weight is 230 g/mol. The van der Waals surface area contributed by atoms with Gasteiger partial charge in [-0.1, -0.05) is 0 Å². The van der Waals surface area contributed by atoms with Crippen LogP contribution in [0.15, 0.2) is 41.3 Å². The maximum atomic E-state index is 5.31. The van der Waals surface area contributed by atoms with E-state index in [0.717, 1.165) is 24.3 Å². The molecule has 3 nitrogen and oxygen atoms in total. The average Bonchev–Trinajstić information content (AvgIpc) is 2.79. The fourth-order valence-corrected chi connectivity index (χ4v) is 1.80. The van der Waals surface area contributed by atoms with Crippen LogP contribution in [0.2, 0.25) is 0 Å². The van der Waals surface area contributed by atoms with Crippen LogP contribution in [0.1, 0.15) is 24.7 Å². The number of aryl methyl sites for hydroxylation is 2. The molecule has 0 aromatic carbocycles. The van der Waals surface area contributed by atoms with Crippen LogP contribution in [0.25, 0.3) is 0 Å². The number of aromatic nitrogens is 1. The SMILES string of the molecule is Cc1cncc(NC(C)CCc2ccco2)c1. The van der Waals surface area contributed by atoms with Gasteiger partial charge in [-0.05, 0) is 44.0 Å². The molecule has 0 spiro atoms. The molecular formula is C14H18N2O. The zero-order valence-corrected chi connectivity index (χ0v) is 10.3. The fraction of sp³-hybridized carbons (Fsp3) is 0.357. The molecule has 0 radical (unpaired) electrons. The molecule has 1 atom stereocenters. The van der Waals surface area contributed by atoms with E-state index in [4.69, 9.17) is 4.42 Å². The second-order valence-corrected chi connectivity index (χ2v) is 4.41. The van der Waals surface area contributed by atoms with Crippen LogP contribution in [0.4, 0.5) is 5.69 Å². The lowest BCUT2D eigenvalue weighted by molar-refractivity contribution is 0.495. The summed E-state index contributed by atoms with van der Waals surface area (Å²) >= 11 is 0. The highest BCUT2D eigenvalue weighted by Crippen LogP contribution is 2.12. The Morgan fingerprint density at radius 2 is 2.29 bits per heavy atom. The number of rotatable bonds is 5. The molecule has 17 heavy (non-hydrogen) atoms. The summed E-state index contributed by atoms with van der Waals surface area (Å²) in [5.74, 6) is 1.04. The lowest BCUT2D eigenvalue weighted by atomic mass is 10.1. The third-order valence-corrected chi connectivity index (χ3v) is 2.69. The molecule has 90 valence electrons. The van der Waals surface area contributed by atoms with E-state index in [2.05, 4.69) is 23.3 Å².